The Labute approximate surface area is 130 Å². The van der Waals surface area contributed by atoms with Crippen molar-refractivity contribution in [3.05, 3.63) is 29.3 Å². The van der Waals surface area contributed by atoms with E-state index in [0.29, 0.717) is 0 Å². The number of nitrogens with one attached hydrogen (secondary N) is 1. The Morgan fingerprint density at radius 3 is 2.29 bits per heavy atom. The van der Waals surface area contributed by atoms with Gasteiger partial charge in [0.2, 0.25) is 0 Å². The average molecular weight is 292 g/mol. The van der Waals surface area contributed by atoms with Crippen LogP contribution in [0.1, 0.15) is 44.2 Å². The standard InChI is InChI=1S/C18H32N2O/c1-6-19-18(4,14-21)9-7-8-10-20(5)17-12-15(2)11-16(3)13-17/h11-13,19,21H,6-10,14H2,1-5H3. The molecule has 0 saturated heterocycles. The second-order valence-corrected chi connectivity index (χ2v) is 6.47. The molecular formula is C18H32N2O. The largest absolute Gasteiger partial charge is 0.394 e. The zero-order valence-corrected chi connectivity index (χ0v) is 14.4. The number of nitrogens with zero attached hydrogens (tertiary/aromatic N) is 1. The lowest BCUT2D eigenvalue weighted by atomic mass is 9.95. The van der Waals surface area contributed by atoms with Crippen LogP contribution in [-0.4, -0.2) is 37.4 Å². The fourth-order valence-electron chi connectivity index (χ4n) is 2.81. The Hall–Kier alpha value is -1.06. The van der Waals surface area contributed by atoms with E-state index >= 15 is 0 Å². The number of aryl methyl sites for hydroxylation is 2. The lowest BCUT2D eigenvalue weighted by molar-refractivity contribution is 0.165. The molecule has 0 aliphatic carbocycles. The molecule has 3 heteroatoms. The summed E-state index contributed by atoms with van der Waals surface area (Å²) in [5.41, 5.74) is 3.80. The average Bonchev–Trinajstić information content (AvgIpc) is 2.42. The van der Waals surface area contributed by atoms with Crippen LogP contribution in [-0.2, 0) is 0 Å². The van der Waals surface area contributed by atoms with Gasteiger partial charge >= 0.3 is 0 Å². The summed E-state index contributed by atoms with van der Waals surface area (Å²) >= 11 is 0. The highest BCUT2D eigenvalue weighted by Crippen LogP contribution is 2.19. The van der Waals surface area contributed by atoms with Gasteiger partial charge in [0.15, 0.2) is 0 Å². The van der Waals surface area contributed by atoms with Gasteiger partial charge < -0.3 is 15.3 Å². The molecule has 3 nitrogen and oxygen atoms in total. The summed E-state index contributed by atoms with van der Waals surface area (Å²) in [5.74, 6) is 0. The highest BCUT2D eigenvalue weighted by molar-refractivity contribution is 5.50. The molecule has 1 atom stereocenters. The molecular weight excluding hydrogens is 260 g/mol. The summed E-state index contributed by atoms with van der Waals surface area (Å²) < 4.78 is 0. The smallest absolute Gasteiger partial charge is 0.0610 e. The molecule has 1 aromatic carbocycles. The molecule has 0 saturated carbocycles. The van der Waals surface area contributed by atoms with Crippen LogP contribution < -0.4 is 10.2 Å². The number of likely N-dealkylation sites (N-methyl/N-ethyl adjacent to an activating group) is 1. The van der Waals surface area contributed by atoms with Crippen molar-refractivity contribution in [2.45, 2.75) is 52.5 Å². The molecule has 2 N–H and O–H groups in total. The quantitative estimate of drug-likeness (QED) is 0.686. The van der Waals surface area contributed by atoms with Gasteiger partial charge in [-0.05, 0) is 69.8 Å². The van der Waals surface area contributed by atoms with E-state index in [1.165, 1.54) is 16.8 Å². The minimum absolute atomic E-state index is 0.132. The van der Waals surface area contributed by atoms with E-state index in [2.05, 4.69) is 63.2 Å². The zero-order valence-electron chi connectivity index (χ0n) is 14.4. The predicted octanol–water partition coefficient (Wildman–Crippen LogP) is 3.27. The summed E-state index contributed by atoms with van der Waals surface area (Å²) in [6.07, 6.45) is 3.28. The Morgan fingerprint density at radius 1 is 1.14 bits per heavy atom. The third kappa shape index (κ3) is 6.06. The minimum atomic E-state index is -0.132. The number of benzene rings is 1. The second-order valence-electron chi connectivity index (χ2n) is 6.47. The zero-order chi connectivity index (χ0) is 15.9. The number of anilines is 1. The van der Waals surface area contributed by atoms with Crippen LogP contribution in [0.3, 0.4) is 0 Å². The molecule has 0 heterocycles. The van der Waals surface area contributed by atoms with Gasteiger partial charge in [-0.1, -0.05) is 13.0 Å². The van der Waals surface area contributed by atoms with E-state index in [4.69, 9.17) is 0 Å². The van der Waals surface area contributed by atoms with Crippen molar-refractivity contribution >= 4 is 5.69 Å². The van der Waals surface area contributed by atoms with Crippen molar-refractivity contribution in [2.75, 3.05) is 31.6 Å². The topological polar surface area (TPSA) is 35.5 Å². The summed E-state index contributed by atoms with van der Waals surface area (Å²) in [4.78, 5) is 2.32. The van der Waals surface area contributed by atoms with E-state index in [1.807, 2.05) is 0 Å². The second kappa shape index (κ2) is 8.40. The highest BCUT2D eigenvalue weighted by Gasteiger charge is 2.20. The van der Waals surface area contributed by atoms with Crippen LogP contribution >= 0.6 is 0 Å². The maximum absolute atomic E-state index is 9.49. The van der Waals surface area contributed by atoms with Crippen molar-refractivity contribution in [3.8, 4) is 0 Å². The van der Waals surface area contributed by atoms with E-state index < -0.39 is 0 Å². The van der Waals surface area contributed by atoms with Crippen LogP contribution in [0.2, 0.25) is 0 Å². The molecule has 1 rings (SSSR count). The van der Waals surface area contributed by atoms with E-state index in [-0.39, 0.29) is 12.1 Å². The Balaban J connectivity index is 2.41. The molecule has 0 aliphatic rings. The Bertz CT molecular complexity index is 413. The molecule has 0 amide bonds. The maximum Gasteiger partial charge on any atom is 0.0610 e. The fraction of sp³-hybridized carbons (Fsp3) is 0.667. The molecule has 0 fully saturated rings. The van der Waals surface area contributed by atoms with Gasteiger partial charge in [0, 0.05) is 24.8 Å². The van der Waals surface area contributed by atoms with Crippen molar-refractivity contribution in [1.29, 1.82) is 0 Å². The third-order valence-corrected chi connectivity index (χ3v) is 4.07. The number of aliphatic hydroxyl groups is 1. The summed E-state index contributed by atoms with van der Waals surface area (Å²) in [7, 11) is 2.16. The molecule has 0 aromatic heterocycles. The van der Waals surface area contributed by atoms with Gasteiger partial charge in [-0.15, -0.1) is 0 Å². The van der Waals surface area contributed by atoms with Crippen LogP contribution in [0.5, 0.6) is 0 Å². The van der Waals surface area contributed by atoms with E-state index in [9.17, 15) is 5.11 Å². The van der Waals surface area contributed by atoms with Crippen molar-refractivity contribution in [1.82, 2.24) is 5.32 Å². The molecule has 21 heavy (non-hydrogen) atoms. The van der Waals surface area contributed by atoms with Crippen LogP contribution in [0.25, 0.3) is 0 Å². The molecule has 0 bridgehead atoms. The summed E-state index contributed by atoms with van der Waals surface area (Å²) in [6, 6.07) is 6.69. The van der Waals surface area contributed by atoms with Gasteiger partial charge in [0.05, 0.1) is 6.61 Å². The number of unbranched alkanes of at least 4 members (excludes halogenated alkanes) is 1. The van der Waals surface area contributed by atoms with E-state index in [0.717, 1.165) is 32.4 Å². The number of aliphatic hydroxyl groups excluding tert-OH is 1. The predicted molar refractivity (Wildman–Crippen MR) is 92.2 cm³/mol. The minimum Gasteiger partial charge on any atom is -0.394 e. The Kier molecular flexibility index (Phi) is 7.20. The molecule has 1 unspecified atom stereocenters. The van der Waals surface area contributed by atoms with Crippen LogP contribution in [0.15, 0.2) is 18.2 Å². The molecule has 120 valence electrons. The first-order valence-electron chi connectivity index (χ1n) is 8.05. The van der Waals surface area contributed by atoms with Gasteiger partial charge in [0.25, 0.3) is 0 Å². The first-order chi connectivity index (χ1) is 9.90. The SMILES string of the molecule is CCNC(C)(CO)CCCCN(C)c1cc(C)cc(C)c1. The van der Waals surface area contributed by atoms with Gasteiger partial charge in [-0.25, -0.2) is 0 Å². The van der Waals surface area contributed by atoms with Crippen LogP contribution in [0.4, 0.5) is 5.69 Å². The van der Waals surface area contributed by atoms with Gasteiger partial charge in [-0.3, -0.25) is 0 Å². The lowest BCUT2D eigenvalue weighted by Gasteiger charge is -2.29. The summed E-state index contributed by atoms with van der Waals surface area (Å²) in [5, 5.41) is 12.9. The lowest BCUT2D eigenvalue weighted by Crippen LogP contribution is -2.45. The van der Waals surface area contributed by atoms with E-state index in [1.54, 1.807) is 0 Å². The Morgan fingerprint density at radius 2 is 1.76 bits per heavy atom. The molecule has 1 aromatic rings. The van der Waals surface area contributed by atoms with Crippen LogP contribution in [0, 0.1) is 13.8 Å². The first kappa shape index (κ1) is 18.0. The van der Waals surface area contributed by atoms with Gasteiger partial charge in [0.1, 0.15) is 0 Å². The van der Waals surface area contributed by atoms with Gasteiger partial charge in [-0.2, -0.15) is 0 Å². The highest BCUT2D eigenvalue weighted by atomic mass is 16.3. The molecule has 0 spiro atoms. The summed E-state index contributed by atoms with van der Waals surface area (Å²) in [6.45, 7) is 10.6. The number of hydrogen-bond acceptors (Lipinski definition) is 3. The maximum atomic E-state index is 9.49. The van der Waals surface area contributed by atoms with Crippen molar-refractivity contribution < 1.29 is 5.11 Å². The van der Waals surface area contributed by atoms with Crippen molar-refractivity contribution in [2.24, 2.45) is 0 Å². The third-order valence-electron chi connectivity index (χ3n) is 4.07. The normalized spacial score (nSPS) is 14.0. The first-order valence-corrected chi connectivity index (χ1v) is 8.05. The van der Waals surface area contributed by atoms with Crippen molar-refractivity contribution in [3.63, 3.8) is 0 Å². The number of rotatable bonds is 9. The fourth-order valence-corrected chi connectivity index (χ4v) is 2.81. The molecule has 0 radical (unpaired) electrons. The molecule has 0 aliphatic heterocycles. The number of hydrogen-bond donors (Lipinski definition) is 2. The monoisotopic (exact) mass is 292 g/mol.